The first-order valence-electron chi connectivity index (χ1n) is 8.62. The van der Waals surface area contributed by atoms with Crippen LogP contribution in [0.3, 0.4) is 0 Å². The Morgan fingerprint density at radius 1 is 0.864 bits per heavy atom. The lowest BCUT2D eigenvalue weighted by Gasteiger charge is -2.30. The molecule has 0 unspecified atom stereocenters. The van der Waals surface area contributed by atoms with Crippen molar-refractivity contribution in [3.8, 4) is 0 Å². The Morgan fingerprint density at radius 3 is 1.91 bits per heavy atom. The van der Waals surface area contributed by atoms with Gasteiger partial charge in [-0.15, -0.1) is 0 Å². The van der Waals surface area contributed by atoms with Gasteiger partial charge in [0.05, 0.1) is 0 Å². The highest BCUT2D eigenvalue weighted by Gasteiger charge is 2.43. The Morgan fingerprint density at radius 2 is 1.41 bits per heavy atom. The van der Waals surface area contributed by atoms with Crippen molar-refractivity contribution < 1.29 is 13.3 Å². The molecule has 22 heavy (non-hydrogen) atoms. The Kier molecular flexibility index (Phi) is 9.63. The fourth-order valence-electron chi connectivity index (χ4n) is 2.19. The summed E-state index contributed by atoms with van der Waals surface area (Å²) in [5.41, 5.74) is 0. The van der Waals surface area contributed by atoms with Gasteiger partial charge >= 0.3 is 8.80 Å². The van der Waals surface area contributed by atoms with Gasteiger partial charge in [0.2, 0.25) is 0 Å². The van der Waals surface area contributed by atoms with Crippen LogP contribution in [0.2, 0.25) is 0 Å². The third kappa shape index (κ3) is 6.61. The van der Waals surface area contributed by atoms with Crippen LogP contribution in [-0.4, -0.2) is 28.6 Å². The summed E-state index contributed by atoms with van der Waals surface area (Å²) in [4.78, 5) is 0. The van der Waals surface area contributed by atoms with Crippen molar-refractivity contribution in [2.75, 3.05) is 19.8 Å². The summed E-state index contributed by atoms with van der Waals surface area (Å²) in [5.74, 6) is 0.699. The molecule has 1 aromatic carbocycles. The molecule has 4 heteroatoms. The van der Waals surface area contributed by atoms with Gasteiger partial charge in [0, 0.05) is 25.0 Å². The SMILES string of the molecule is CCCO[Si](OCCC)(OCCCC(C)C)c1ccccc1. The molecular formula is C18H32O3Si. The van der Waals surface area contributed by atoms with Crippen LogP contribution >= 0.6 is 0 Å². The van der Waals surface area contributed by atoms with Gasteiger partial charge < -0.3 is 13.3 Å². The van der Waals surface area contributed by atoms with Crippen molar-refractivity contribution in [3.63, 3.8) is 0 Å². The average molecular weight is 325 g/mol. The van der Waals surface area contributed by atoms with Crippen LogP contribution in [0.15, 0.2) is 30.3 Å². The second kappa shape index (κ2) is 10.9. The van der Waals surface area contributed by atoms with E-state index in [9.17, 15) is 0 Å². The highest BCUT2D eigenvalue weighted by Crippen LogP contribution is 2.14. The van der Waals surface area contributed by atoms with Crippen LogP contribution in [0, 0.1) is 5.92 Å². The summed E-state index contributed by atoms with van der Waals surface area (Å²) in [6.45, 7) is 10.8. The van der Waals surface area contributed by atoms with E-state index in [1.54, 1.807) is 0 Å². The van der Waals surface area contributed by atoms with Gasteiger partial charge in [0.1, 0.15) is 0 Å². The molecule has 3 nitrogen and oxygen atoms in total. The molecule has 1 rings (SSSR count). The van der Waals surface area contributed by atoms with E-state index >= 15 is 0 Å². The van der Waals surface area contributed by atoms with Crippen molar-refractivity contribution in [2.45, 2.75) is 53.4 Å². The minimum Gasteiger partial charge on any atom is -0.370 e. The number of hydrogen-bond acceptors (Lipinski definition) is 3. The maximum absolute atomic E-state index is 6.26. The Labute approximate surface area is 137 Å². The molecule has 0 aromatic heterocycles. The highest BCUT2D eigenvalue weighted by atomic mass is 28.4. The molecule has 0 aliphatic carbocycles. The minimum atomic E-state index is -2.79. The molecule has 0 N–H and O–H groups in total. The predicted octanol–water partition coefficient (Wildman–Crippen LogP) is 4.14. The lowest BCUT2D eigenvalue weighted by molar-refractivity contribution is 0.0711. The van der Waals surface area contributed by atoms with Gasteiger partial charge in [-0.25, -0.2) is 0 Å². The van der Waals surface area contributed by atoms with Gasteiger partial charge in [0.15, 0.2) is 0 Å². The van der Waals surface area contributed by atoms with Crippen LogP contribution in [-0.2, 0) is 13.3 Å². The lowest BCUT2D eigenvalue weighted by atomic mass is 10.1. The van der Waals surface area contributed by atoms with E-state index in [1.807, 2.05) is 18.2 Å². The van der Waals surface area contributed by atoms with Gasteiger partial charge in [-0.3, -0.25) is 0 Å². The largest absolute Gasteiger partial charge is 0.537 e. The third-order valence-electron chi connectivity index (χ3n) is 3.34. The Bertz CT molecular complexity index is 373. The molecule has 0 aliphatic heterocycles. The van der Waals surface area contributed by atoms with Gasteiger partial charge in [-0.05, 0) is 31.6 Å². The Hall–Kier alpha value is -0.683. The quantitative estimate of drug-likeness (QED) is 0.427. The molecule has 0 radical (unpaired) electrons. The smallest absolute Gasteiger partial charge is 0.370 e. The average Bonchev–Trinajstić information content (AvgIpc) is 2.54. The molecule has 0 aliphatic rings. The summed E-state index contributed by atoms with van der Waals surface area (Å²) < 4.78 is 18.6. The number of benzene rings is 1. The van der Waals surface area contributed by atoms with Crippen LogP contribution in [0.5, 0.6) is 0 Å². The summed E-state index contributed by atoms with van der Waals surface area (Å²) in [7, 11) is -2.79. The molecule has 0 fully saturated rings. The van der Waals surface area contributed by atoms with Crippen LogP contribution in [0.1, 0.15) is 53.4 Å². The van der Waals surface area contributed by atoms with E-state index < -0.39 is 8.80 Å². The van der Waals surface area contributed by atoms with Crippen molar-refractivity contribution in [1.82, 2.24) is 0 Å². The summed E-state index contributed by atoms with van der Waals surface area (Å²) in [6, 6.07) is 10.2. The molecule has 0 saturated carbocycles. The van der Waals surface area contributed by atoms with E-state index in [2.05, 4.69) is 39.8 Å². The topological polar surface area (TPSA) is 27.7 Å². The molecule has 1 aromatic rings. The van der Waals surface area contributed by atoms with Crippen LogP contribution in [0.25, 0.3) is 0 Å². The maximum Gasteiger partial charge on any atom is 0.537 e. The molecule has 0 saturated heterocycles. The fraction of sp³-hybridized carbons (Fsp3) is 0.667. The van der Waals surface area contributed by atoms with Crippen molar-refractivity contribution in [3.05, 3.63) is 30.3 Å². The molecule has 126 valence electrons. The second-order valence-corrected chi connectivity index (χ2v) is 8.56. The van der Waals surface area contributed by atoms with Gasteiger partial charge in [-0.2, -0.15) is 0 Å². The maximum atomic E-state index is 6.26. The lowest BCUT2D eigenvalue weighted by Crippen LogP contribution is -2.57. The summed E-state index contributed by atoms with van der Waals surface area (Å²) in [6.07, 6.45) is 4.14. The number of rotatable bonds is 12. The van der Waals surface area contributed by atoms with Crippen molar-refractivity contribution in [1.29, 1.82) is 0 Å². The van der Waals surface area contributed by atoms with Crippen LogP contribution in [0.4, 0.5) is 0 Å². The second-order valence-electron chi connectivity index (χ2n) is 6.00. The first kappa shape index (κ1) is 19.4. The van der Waals surface area contributed by atoms with Crippen LogP contribution < -0.4 is 5.19 Å². The number of hydrogen-bond donors (Lipinski definition) is 0. The minimum absolute atomic E-state index is 0.676. The monoisotopic (exact) mass is 324 g/mol. The van der Waals surface area contributed by atoms with E-state index in [4.69, 9.17) is 13.3 Å². The fourth-order valence-corrected chi connectivity index (χ4v) is 4.90. The van der Waals surface area contributed by atoms with Crippen molar-refractivity contribution in [2.24, 2.45) is 5.92 Å². The molecule has 0 spiro atoms. The van der Waals surface area contributed by atoms with E-state index in [0.29, 0.717) is 25.7 Å². The first-order chi connectivity index (χ1) is 10.6. The van der Waals surface area contributed by atoms with E-state index in [1.165, 1.54) is 6.42 Å². The summed E-state index contributed by atoms with van der Waals surface area (Å²) >= 11 is 0. The van der Waals surface area contributed by atoms with E-state index in [0.717, 1.165) is 24.4 Å². The highest BCUT2D eigenvalue weighted by molar-refractivity contribution is 6.75. The zero-order chi connectivity index (χ0) is 16.3. The van der Waals surface area contributed by atoms with E-state index in [-0.39, 0.29) is 0 Å². The normalized spacial score (nSPS) is 12.0. The molecule has 0 amide bonds. The summed E-state index contributed by atoms with van der Waals surface area (Å²) in [5, 5.41) is 1.07. The Balaban J connectivity index is 2.83. The predicted molar refractivity (Wildman–Crippen MR) is 94.3 cm³/mol. The van der Waals surface area contributed by atoms with Gasteiger partial charge in [-0.1, -0.05) is 58.0 Å². The third-order valence-corrected chi connectivity index (χ3v) is 6.13. The standard InChI is InChI=1S/C18H32O3Si/c1-5-14-19-22(20-15-6-2,18-12-8-7-9-13-18)21-16-10-11-17(3)4/h7-9,12-13,17H,5-6,10-11,14-16H2,1-4H3. The van der Waals surface area contributed by atoms with Gasteiger partial charge in [0.25, 0.3) is 0 Å². The molecular weight excluding hydrogens is 292 g/mol. The molecule has 0 bridgehead atoms. The van der Waals surface area contributed by atoms with Crippen molar-refractivity contribution >= 4 is 14.0 Å². The first-order valence-corrected chi connectivity index (χ1v) is 10.3. The zero-order valence-electron chi connectivity index (χ0n) is 14.6. The molecule has 0 atom stereocenters. The zero-order valence-corrected chi connectivity index (χ0v) is 15.6. The molecule has 0 heterocycles.